The average Bonchev–Trinajstić information content (AvgIpc) is 3.12. The smallest absolute Gasteiger partial charge is 0.251 e. The maximum atomic E-state index is 12.9. The summed E-state index contributed by atoms with van der Waals surface area (Å²) in [5.41, 5.74) is 0.582. The molecule has 0 radical (unpaired) electrons. The first-order valence-corrected chi connectivity index (χ1v) is 8.37. The molecule has 2 rings (SSSR count). The molecular formula is C18H27N3O2. The molecule has 1 aliphatic heterocycles. The number of rotatable bonds is 6. The molecule has 5 nitrogen and oxygen atoms in total. The molecule has 3 atom stereocenters. The van der Waals surface area contributed by atoms with Gasteiger partial charge in [-0.05, 0) is 31.0 Å². The van der Waals surface area contributed by atoms with Gasteiger partial charge in [0.1, 0.15) is 6.04 Å². The van der Waals surface area contributed by atoms with E-state index in [1.165, 1.54) is 0 Å². The molecule has 0 aliphatic carbocycles. The summed E-state index contributed by atoms with van der Waals surface area (Å²) in [6.07, 6.45) is 1.80. The molecule has 0 spiro atoms. The zero-order chi connectivity index (χ0) is 16.8. The maximum absolute atomic E-state index is 12.9. The second-order valence-electron chi connectivity index (χ2n) is 6.30. The number of carbonyl (C=O) groups is 2. The van der Waals surface area contributed by atoms with Crippen molar-refractivity contribution in [1.29, 1.82) is 0 Å². The molecule has 1 heterocycles. The summed E-state index contributed by atoms with van der Waals surface area (Å²) in [5, 5.41) is 6.21. The number of carbonyl (C=O) groups excluding carboxylic acids is 2. The Morgan fingerprint density at radius 3 is 2.61 bits per heavy atom. The SMILES string of the molecule is CCC(C)C(NC(=O)c1ccccc1)C(=O)N(C)C1CCNC1. The predicted octanol–water partition coefficient (Wildman–Crippen LogP) is 1.65. The van der Waals surface area contributed by atoms with Gasteiger partial charge < -0.3 is 15.5 Å². The zero-order valence-corrected chi connectivity index (χ0v) is 14.2. The monoisotopic (exact) mass is 317 g/mol. The molecule has 1 aromatic rings. The van der Waals surface area contributed by atoms with Crippen LogP contribution in [0.3, 0.4) is 0 Å². The van der Waals surface area contributed by atoms with E-state index in [1.54, 1.807) is 17.0 Å². The molecule has 1 aliphatic rings. The Labute approximate surface area is 138 Å². The fourth-order valence-corrected chi connectivity index (χ4v) is 2.87. The van der Waals surface area contributed by atoms with Crippen molar-refractivity contribution in [2.24, 2.45) is 5.92 Å². The molecule has 0 bridgehead atoms. The molecule has 0 saturated carbocycles. The van der Waals surface area contributed by atoms with E-state index in [0.717, 1.165) is 25.9 Å². The number of hydrogen-bond acceptors (Lipinski definition) is 3. The Kier molecular flexibility index (Phi) is 6.16. The molecule has 23 heavy (non-hydrogen) atoms. The first-order chi connectivity index (χ1) is 11.0. The van der Waals surface area contributed by atoms with Crippen LogP contribution >= 0.6 is 0 Å². The first-order valence-electron chi connectivity index (χ1n) is 8.37. The summed E-state index contributed by atoms with van der Waals surface area (Å²) in [4.78, 5) is 27.1. The van der Waals surface area contributed by atoms with Gasteiger partial charge >= 0.3 is 0 Å². The quantitative estimate of drug-likeness (QED) is 0.839. The van der Waals surface area contributed by atoms with E-state index in [2.05, 4.69) is 10.6 Å². The van der Waals surface area contributed by atoms with Gasteiger partial charge in [0, 0.05) is 25.2 Å². The topological polar surface area (TPSA) is 61.4 Å². The van der Waals surface area contributed by atoms with Crippen LogP contribution in [0.4, 0.5) is 0 Å². The van der Waals surface area contributed by atoms with Crippen molar-refractivity contribution in [2.75, 3.05) is 20.1 Å². The number of hydrogen-bond donors (Lipinski definition) is 2. The third kappa shape index (κ3) is 4.32. The molecule has 126 valence electrons. The Morgan fingerprint density at radius 2 is 2.04 bits per heavy atom. The van der Waals surface area contributed by atoms with E-state index in [4.69, 9.17) is 0 Å². The van der Waals surface area contributed by atoms with Gasteiger partial charge in [-0.15, -0.1) is 0 Å². The average molecular weight is 317 g/mol. The number of likely N-dealkylation sites (N-methyl/N-ethyl adjacent to an activating group) is 1. The predicted molar refractivity (Wildman–Crippen MR) is 91.2 cm³/mol. The fraction of sp³-hybridized carbons (Fsp3) is 0.556. The van der Waals surface area contributed by atoms with Crippen LogP contribution in [0.25, 0.3) is 0 Å². The van der Waals surface area contributed by atoms with Crippen molar-refractivity contribution in [3.05, 3.63) is 35.9 Å². The van der Waals surface area contributed by atoms with Crippen LogP contribution in [0.1, 0.15) is 37.0 Å². The Morgan fingerprint density at radius 1 is 1.35 bits per heavy atom. The third-order valence-electron chi connectivity index (χ3n) is 4.73. The number of benzene rings is 1. The summed E-state index contributed by atoms with van der Waals surface area (Å²) in [7, 11) is 1.84. The van der Waals surface area contributed by atoms with Crippen molar-refractivity contribution in [2.45, 2.75) is 38.8 Å². The minimum absolute atomic E-state index is 0.00247. The Bertz CT molecular complexity index is 526. The van der Waals surface area contributed by atoms with Crippen molar-refractivity contribution >= 4 is 11.8 Å². The lowest BCUT2D eigenvalue weighted by molar-refractivity contribution is -0.135. The minimum Gasteiger partial charge on any atom is -0.340 e. The number of nitrogens with zero attached hydrogens (tertiary/aromatic N) is 1. The van der Waals surface area contributed by atoms with Crippen LogP contribution in [-0.4, -0.2) is 48.9 Å². The van der Waals surface area contributed by atoms with E-state index in [-0.39, 0.29) is 23.8 Å². The van der Waals surface area contributed by atoms with Gasteiger partial charge in [0.2, 0.25) is 5.91 Å². The number of amides is 2. The number of nitrogens with one attached hydrogen (secondary N) is 2. The highest BCUT2D eigenvalue weighted by Crippen LogP contribution is 2.15. The fourth-order valence-electron chi connectivity index (χ4n) is 2.87. The van der Waals surface area contributed by atoms with Gasteiger partial charge in [-0.25, -0.2) is 0 Å². The van der Waals surface area contributed by atoms with Gasteiger partial charge in [-0.3, -0.25) is 9.59 Å². The zero-order valence-electron chi connectivity index (χ0n) is 14.2. The van der Waals surface area contributed by atoms with Crippen LogP contribution in [0.15, 0.2) is 30.3 Å². The first kappa shape index (κ1) is 17.5. The normalized spacial score (nSPS) is 19.9. The highest BCUT2D eigenvalue weighted by Gasteiger charge is 2.32. The summed E-state index contributed by atoms with van der Waals surface area (Å²) in [6, 6.07) is 8.77. The van der Waals surface area contributed by atoms with Gasteiger partial charge in [0.25, 0.3) is 5.91 Å². The molecule has 3 unspecified atom stereocenters. The Balaban J connectivity index is 2.10. The molecule has 5 heteroatoms. The summed E-state index contributed by atoms with van der Waals surface area (Å²) in [6.45, 7) is 5.81. The Hall–Kier alpha value is -1.88. The maximum Gasteiger partial charge on any atom is 0.251 e. The van der Waals surface area contributed by atoms with E-state index >= 15 is 0 Å². The largest absolute Gasteiger partial charge is 0.340 e. The van der Waals surface area contributed by atoms with Gasteiger partial charge in [-0.1, -0.05) is 38.5 Å². The summed E-state index contributed by atoms with van der Waals surface area (Å²) in [5.74, 6) is -0.105. The molecule has 0 aromatic heterocycles. The minimum atomic E-state index is -0.488. The highest BCUT2D eigenvalue weighted by atomic mass is 16.2. The molecule has 2 N–H and O–H groups in total. The second-order valence-corrected chi connectivity index (χ2v) is 6.30. The molecule has 1 aromatic carbocycles. The molecule has 1 fully saturated rings. The lowest BCUT2D eigenvalue weighted by atomic mass is 9.96. The molecule has 1 saturated heterocycles. The van der Waals surface area contributed by atoms with Crippen molar-refractivity contribution in [3.8, 4) is 0 Å². The summed E-state index contributed by atoms with van der Waals surface area (Å²) < 4.78 is 0. The van der Waals surface area contributed by atoms with E-state index in [9.17, 15) is 9.59 Å². The van der Waals surface area contributed by atoms with Gasteiger partial charge in [0.05, 0.1) is 0 Å². The van der Waals surface area contributed by atoms with Crippen molar-refractivity contribution < 1.29 is 9.59 Å². The third-order valence-corrected chi connectivity index (χ3v) is 4.73. The van der Waals surface area contributed by atoms with Crippen LogP contribution in [0.5, 0.6) is 0 Å². The van der Waals surface area contributed by atoms with E-state index in [0.29, 0.717) is 5.56 Å². The molecular weight excluding hydrogens is 290 g/mol. The van der Waals surface area contributed by atoms with Gasteiger partial charge in [0.15, 0.2) is 0 Å². The summed E-state index contributed by atoms with van der Waals surface area (Å²) >= 11 is 0. The molecule has 2 amide bonds. The lowest BCUT2D eigenvalue weighted by Crippen LogP contribution is -2.53. The standard InChI is InChI=1S/C18H27N3O2/c1-4-13(2)16(18(23)21(3)15-10-11-19-12-15)20-17(22)14-8-6-5-7-9-14/h5-9,13,15-16,19H,4,10-12H2,1-3H3,(H,20,22). The van der Waals surface area contributed by atoms with Crippen LogP contribution in [0, 0.1) is 5.92 Å². The van der Waals surface area contributed by atoms with E-state index < -0.39 is 6.04 Å². The van der Waals surface area contributed by atoms with Crippen LogP contribution < -0.4 is 10.6 Å². The highest BCUT2D eigenvalue weighted by molar-refractivity contribution is 5.97. The van der Waals surface area contributed by atoms with Crippen LogP contribution in [-0.2, 0) is 4.79 Å². The van der Waals surface area contributed by atoms with Crippen molar-refractivity contribution in [1.82, 2.24) is 15.5 Å². The van der Waals surface area contributed by atoms with Crippen molar-refractivity contribution in [3.63, 3.8) is 0 Å². The van der Waals surface area contributed by atoms with E-state index in [1.807, 2.05) is 39.1 Å². The second kappa shape index (κ2) is 8.11. The lowest BCUT2D eigenvalue weighted by Gasteiger charge is -2.31. The van der Waals surface area contributed by atoms with Gasteiger partial charge in [-0.2, -0.15) is 0 Å². The van der Waals surface area contributed by atoms with Crippen LogP contribution in [0.2, 0.25) is 0 Å².